The molecule has 0 aliphatic rings. The lowest BCUT2D eigenvalue weighted by Crippen LogP contribution is -2.04. The molecular formula is C12H15NO4S. The Bertz CT molecular complexity index is 532. The van der Waals surface area contributed by atoms with Gasteiger partial charge in [0.1, 0.15) is 0 Å². The highest BCUT2D eigenvalue weighted by Gasteiger charge is 2.10. The highest BCUT2D eigenvalue weighted by atomic mass is 32.2. The lowest BCUT2D eigenvalue weighted by Gasteiger charge is -2.05. The zero-order valence-electron chi connectivity index (χ0n) is 9.96. The van der Waals surface area contributed by atoms with E-state index in [1.165, 1.54) is 18.2 Å². The van der Waals surface area contributed by atoms with E-state index in [0.29, 0.717) is 6.54 Å². The second-order valence-electron chi connectivity index (χ2n) is 3.55. The first-order valence-corrected chi connectivity index (χ1v) is 7.07. The first-order valence-electron chi connectivity index (χ1n) is 5.42. The van der Waals surface area contributed by atoms with Crippen LogP contribution in [0.4, 0.5) is 5.69 Å². The molecule has 0 unspecified atom stereocenters. The van der Waals surface area contributed by atoms with Gasteiger partial charge < -0.3 is 10.4 Å². The van der Waals surface area contributed by atoms with Crippen molar-refractivity contribution in [3.05, 3.63) is 36.4 Å². The average Bonchev–Trinajstić information content (AvgIpc) is 2.35. The van der Waals surface area contributed by atoms with Crippen molar-refractivity contribution in [3.63, 3.8) is 0 Å². The minimum Gasteiger partial charge on any atom is -0.478 e. The van der Waals surface area contributed by atoms with Crippen LogP contribution >= 0.6 is 0 Å². The summed E-state index contributed by atoms with van der Waals surface area (Å²) in [5, 5.41) is 11.3. The van der Waals surface area contributed by atoms with Crippen LogP contribution in [0.25, 0.3) is 0 Å². The third-order valence-corrected chi connectivity index (χ3v) is 4.03. The van der Waals surface area contributed by atoms with Gasteiger partial charge in [0.05, 0.1) is 10.6 Å². The SMILES string of the molecule is CCS(=O)(=O)c1ccc(NC/C=C/C(=O)O)cc1. The van der Waals surface area contributed by atoms with Gasteiger partial charge in [0.15, 0.2) is 9.84 Å². The molecule has 5 nitrogen and oxygen atoms in total. The minimum atomic E-state index is -3.17. The van der Waals surface area contributed by atoms with E-state index in [1.807, 2.05) is 0 Å². The molecule has 0 fully saturated rings. The molecule has 0 atom stereocenters. The smallest absolute Gasteiger partial charge is 0.328 e. The van der Waals surface area contributed by atoms with Gasteiger partial charge in [-0.1, -0.05) is 13.0 Å². The van der Waals surface area contributed by atoms with Crippen LogP contribution in [-0.4, -0.2) is 31.8 Å². The summed E-state index contributed by atoms with van der Waals surface area (Å²) in [4.78, 5) is 10.5. The van der Waals surface area contributed by atoms with Crippen molar-refractivity contribution in [1.29, 1.82) is 0 Å². The Kier molecular flexibility index (Phi) is 4.91. The standard InChI is InChI=1S/C12H15NO4S/c1-2-18(16,17)11-7-5-10(6-8-11)13-9-3-4-12(14)15/h3-8,13H,2,9H2,1H3,(H,14,15)/b4-3+. The molecule has 2 N–H and O–H groups in total. The Hall–Kier alpha value is -1.82. The van der Waals surface area contributed by atoms with E-state index in [-0.39, 0.29) is 10.6 Å². The van der Waals surface area contributed by atoms with Crippen LogP contribution in [-0.2, 0) is 14.6 Å². The molecule has 0 saturated heterocycles. The van der Waals surface area contributed by atoms with Crippen molar-refractivity contribution < 1.29 is 18.3 Å². The monoisotopic (exact) mass is 269 g/mol. The number of carboxylic acids is 1. The summed E-state index contributed by atoms with van der Waals surface area (Å²) in [6.45, 7) is 1.96. The van der Waals surface area contributed by atoms with Gasteiger partial charge in [-0.3, -0.25) is 0 Å². The summed E-state index contributed by atoms with van der Waals surface area (Å²) in [7, 11) is -3.17. The number of nitrogens with one attached hydrogen (secondary N) is 1. The summed E-state index contributed by atoms with van der Waals surface area (Å²) in [6.07, 6.45) is 2.52. The second kappa shape index (κ2) is 6.20. The first kappa shape index (κ1) is 14.2. The Morgan fingerprint density at radius 3 is 2.44 bits per heavy atom. The van der Waals surface area contributed by atoms with Gasteiger partial charge in [-0.15, -0.1) is 0 Å². The molecule has 6 heteroatoms. The number of hydrogen-bond donors (Lipinski definition) is 2. The molecule has 0 aliphatic heterocycles. The molecule has 1 rings (SSSR count). The summed E-state index contributed by atoms with van der Waals surface area (Å²) in [6, 6.07) is 6.36. The number of anilines is 1. The molecule has 0 amide bonds. The fourth-order valence-corrected chi connectivity index (χ4v) is 2.17. The summed E-state index contributed by atoms with van der Waals surface area (Å²) in [5.41, 5.74) is 0.736. The maximum absolute atomic E-state index is 11.6. The zero-order chi connectivity index (χ0) is 13.6. The van der Waals surface area contributed by atoms with Crippen LogP contribution in [0.2, 0.25) is 0 Å². The summed E-state index contributed by atoms with van der Waals surface area (Å²) >= 11 is 0. The molecule has 0 heterocycles. The van der Waals surface area contributed by atoms with Crippen molar-refractivity contribution in [2.24, 2.45) is 0 Å². The maximum atomic E-state index is 11.6. The Balaban J connectivity index is 2.64. The van der Waals surface area contributed by atoms with Crippen LogP contribution in [0, 0.1) is 0 Å². The number of aliphatic carboxylic acids is 1. The maximum Gasteiger partial charge on any atom is 0.328 e. The van der Waals surface area contributed by atoms with Gasteiger partial charge >= 0.3 is 5.97 Å². The van der Waals surface area contributed by atoms with Gasteiger partial charge in [-0.25, -0.2) is 13.2 Å². The van der Waals surface area contributed by atoms with Crippen LogP contribution < -0.4 is 5.32 Å². The minimum absolute atomic E-state index is 0.0706. The number of rotatable bonds is 6. The van der Waals surface area contributed by atoms with Crippen LogP contribution in [0.15, 0.2) is 41.3 Å². The first-order chi connectivity index (χ1) is 8.45. The second-order valence-corrected chi connectivity index (χ2v) is 5.83. The fraction of sp³-hybridized carbons (Fsp3) is 0.250. The number of sulfone groups is 1. The Morgan fingerprint density at radius 1 is 1.33 bits per heavy atom. The number of hydrogen-bond acceptors (Lipinski definition) is 4. The van der Waals surface area contributed by atoms with Gasteiger partial charge in [0.25, 0.3) is 0 Å². The van der Waals surface area contributed by atoms with Crippen LogP contribution in [0.5, 0.6) is 0 Å². The largest absolute Gasteiger partial charge is 0.478 e. The molecule has 0 bridgehead atoms. The fourth-order valence-electron chi connectivity index (χ4n) is 1.28. The topological polar surface area (TPSA) is 83.5 Å². The highest BCUT2D eigenvalue weighted by molar-refractivity contribution is 7.91. The van der Waals surface area contributed by atoms with E-state index >= 15 is 0 Å². The van der Waals surface area contributed by atoms with Gasteiger partial charge in [0, 0.05) is 18.3 Å². The molecule has 0 radical (unpaired) electrons. The van der Waals surface area contributed by atoms with Crippen molar-refractivity contribution in [2.75, 3.05) is 17.6 Å². The molecule has 0 aromatic heterocycles. The number of carboxylic acid groups (broad SMARTS) is 1. The zero-order valence-corrected chi connectivity index (χ0v) is 10.8. The molecule has 1 aromatic rings. The van der Waals surface area contributed by atoms with Crippen LogP contribution in [0.1, 0.15) is 6.92 Å². The van der Waals surface area contributed by atoms with Crippen molar-refractivity contribution in [3.8, 4) is 0 Å². The number of benzene rings is 1. The van der Waals surface area contributed by atoms with E-state index in [9.17, 15) is 13.2 Å². The van der Waals surface area contributed by atoms with Gasteiger partial charge in [0.2, 0.25) is 0 Å². The Labute approximate surface area is 106 Å². The molecule has 1 aromatic carbocycles. The predicted octanol–water partition coefficient (Wildman–Crippen LogP) is 1.53. The summed E-state index contributed by atoms with van der Waals surface area (Å²) < 4.78 is 23.1. The van der Waals surface area contributed by atoms with Gasteiger partial charge in [-0.2, -0.15) is 0 Å². The van der Waals surface area contributed by atoms with E-state index in [2.05, 4.69) is 5.32 Å². The molecule has 98 valence electrons. The third kappa shape index (κ3) is 4.21. The van der Waals surface area contributed by atoms with E-state index in [4.69, 9.17) is 5.11 Å². The normalized spacial score (nSPS) is 11.6. The van der Waals surface area contributed by atoms with Crippen molar-refractivity contribution >= 4 is 21.5 Å². The summed E-state index contributed by atoms with van der Waals surface area (Å²) in [5.74, 6) is -0.928. The quantitative estimate of drug-likeness (QED) is 0.765. The molecule has 18 heavy (non-hydrogen) atoms. The average molecular weight is 269 g/mol. The van der Waals surface area contributed by atoms with Crippen LogP contribution in [0.3, 0.4) is 0 Å². The molecule has 0 aliphatic carbocycles. The lowest BCUT2D eigenvalue weighted by molar-refractivity contribution is -0.131. The highest BCUT2D eigenvalue weighted by Crippen LogP contribution is 2.14. The number of carbonyl (C=O) groups is 1. The van der Waals surface area contributed by atoms with E-state index in [1.54, 1.807) is 19.1 Å². The molecule has 0 spiro atoms. The van der Waals surface area contributed by atoms with E-state index < -0.39 is 15.8 Å². The molecular weight excluding hydrogens is 254 g/mol. The van der Waals surface area contributed by atoms with E-state index in [0.717, 1.165) is 11.8 Å². The predicted molar refractivity (Wildman–Crippen MR) is 69.4 cm³/mol. The Morgan fingerprint density at radius 2 is 1.94 bits per heavy atom. The van der Waals surface area contributed by atoms with Gasteiger partial charge in [-0.05, 0) is 24.3 Å². The molecule has 0 saturated carbocycles. The lowest BCUT2D eigenvalue weighted by atomic mass is 10.3. The van der Waals surface area contributed by atoms with Crippen molar-refractivity contribution in [1.82, 2.24) is 0 Å². The third-order valence-electron chi connectivity index (χ3n) is 2.28. The van der Waals surface area contributed by atoms with Crippen molar-refractivity contribution in [2.45, 2.75) is 11.8 Å².